The van der Waals surface area contributed by atoms with Crippen molar-refractivity contribution in [1.82, 2.24) is 0 Å². The van der Waals surface area contributed by atoms with E-state index in [9.17, 15) is 4.39 Å². The van der Waals surface area contributed by atoms with Crippen molar-refractivity contribution in [3.8, 4) is 0 Å². The van der Waals surface area contributed by atoms with Gasteiger partial charge in [-0.2, -0.15) is 0 Å². The van der Waals surface area contributed by atoms with Crippen molar-refractivity contribution in [2.45, 2.75) is 0 Å². The first kappa shape index (κ1) is 7.73. The van der Waals surface area contributed by atoms with Gasteiger partial charge in [-0.1, -0.05) is 31.4 Å². The first-order valence-electron chi connectivity index (χ1n) is 3.32. The standard InChI is InChI=1S/C10H9F/c1-3-8-5-6-10(11)9(4-2)7-8/h3-7H,1-2H2. The summed E-state index contributed by atoms with van der Waals surface area (Å²) >= 11 is 0. The molecule has 0 saturated carbocycles. The second-order valence-corrected chi connectivity index (χ2v) is 2.19. The fraction of sp³-hybridized carbons (Fsp3) is 0. The van der Waals surface area contributed by atoms with Crippen LogP contribution in [0.15, 0.2) is 31.4 Å². The van der Waals surface area contributed by atoms with Gasteiger partial charge in [0.25, 0.3) is 0 Å². The zero-order chi connectivity index (χ0) is 8.27. The number of hydrogen-bond acceptors (Lipinski definition) is 0. The second-order valence-electron chi connectivity index (χ2n) is 2.19. The van der Waals surface area contributed by atoms with E-state index in [-0.39, 0.29) is 5.82 Å². The molecule has 0 saturated heterocycles. The Hall–Kier alpha value is -1.37. The van der Waals surface area contributed by atoms with Crippen molar-refractivity contribution in [3.05, 3.63) is 48.3 Å². The average Bonchev–Trinajstić information content (AvgIpc) is 2.05. The Bertz CT molecular complexity index is 287. The van der Waals surface area contributed by atoms with Gasteiger partial charge in [0.2, 0.25) is 0 Å². The molecular formula is C10H9F. The highest BCUT2D eigenvalue weighted by atomic mass is 19.1. The summed E-state index contributed by atoms with van der Waals surface area (Å²) in [6.45, 7) is 7.07. The van der Waals surface area contributed by atoms with Gasteiger partial charge in [0.15, 0.2) is 0 Å². The molecule has 0 aliphatic heterocycles. The molecule has 1 aromatic carbocycles. The maximum atomic E-state index is 12.8. The Kier molecular flexibility index (Phi) is 2.21. The monoisotopic (exact) mass is 148 g/mol. The third kappa shape index (κ3) is 1.55. The normalized spacial score (nSPS) is 9.18. The molecule has 0 radical (unpaired) electrons. The third-order valence-corrected chi connectivity index (χ3v) is 1.48. The van der Waals surface area contributed by atoms with E-state index in [1.165, 1.54) is 12.1 Å². The predicted molar refractivity (Wildman–Crippen MR) is 46.6 cm³/mol. The summed E-state index contributed by atoms with van der Waals surface area (Å²) < 4.78 is 12.8. The molecule has 0 nitrogen and oxygen atoms in total. The maximum absolute atomic E-state index is 12.8. The molecule has 0 aliphatic rings. The van der Waals surface area contributed by atoms with E-state index < -0.39 is 0 Å². The molecular weight excluding hydrogens is 139 g/mol. The van der Waals surface area contributed by atoms with Crippen molar-refractivity contribution in [2.75, 3.05) is 0 Å². The average molecular weight is 148 g/mol. The zero-order valence-electron chi connectivity index (χ0n) is 6.18. The molecule has 11 heavy (non-hydrogen) atoms. The van der Waals surface area contributed by atoms with Crippen LogP contribution in [-0.4, -0.2) is 0 Å². The molecule has 0 aliphatic carbocycles. The largest absolute Gasteiger partial charge is 0.206 e. The van der Waals surface area contributed by atoms with E-state index in [0.717, 1.165) is 5.56 Å². The van der Waals surface area contributed by atoms with Crippen LogP contribution in [0.25, 0.3) is 12.2 Å². The minimum absolute atomic E-state index is 0.245. The predicted octanol–water partition coefficient (Wildman–Crippen LogP) is 3.11. The Labute approximate surface area is 65.7 Å². The summed E-state index contributed by atoms with van der Waals surface area (Å²) in [5.41, 5.74) is 1.42. The number of hydrogen-bond donors (Lipinski definition) is 0. The maximum Gasteiger partial charge on any atom is 0.130 e. The first-order chi connectivity index (χ1) is 5.27. The lowest BCUT2D eigenvalue weighted by Crippen LogP contribution is -1.81. The van der Waals surface area contributed by atoms with Gasteiger partial charge in [-0.15, -0.1) is 0 Å². The van der Waals surface area contributed by atoms with Crippen molar-refractivity contribution in [2.24, 2.45) is 0 Å². The number of benzene rings is 1. The highest BCUT2D eigenvalue weighted by molar-refractivity contribution is 5.56. The Morgan fingerprint density at radius 2 is 1.91 bits per heavy atom. The number of halogens is 1. The van der Waals surface area contributed by atoms with Crippen LogP contribution in [0, 0.1) is 5.82 Å². The molecule has 0 fully saturated rings. The lowest BCUT2D eigenvalue weighted by Gasteiger charge is -1.97. The fourth-order valence-corrected chi connectivity index (χ4v) is 0.846. The highest BCUT2D eigenvalue weighted by Gasteiger charge is 1.96. The van der Waals surface area contributed by atoms with Gasteiger partial charge in [0.1, 0.15) is 5.82 Å². The Morgan fingerprint density at radius 1 is 1.18 bits per heavy atom. The van der Waals surface area contributed by atoms with Crippen LogP contribution in [0.5, 0.6) is 0 Å². The van der Waals surface area contributed by atoms with Gasteiger partial charge in [-0.05, 0) is 17.7 Å². The van der Waals surface area contributed by atoms with Crippen molar-refractivity contribution < 1.29 is 4.39 Å². The molecule has 1 rings (SSSR count). The van der Waals surface area contributed by atoms with Gasteiger partial charge in [-0.25, -0.2) is 4.39 Å². The highest BCUT2D eigenvalue weighted by Crippen LogP contribution is 2.11. The molecule has 1 heteroatoms. The molecule has 1 aromatic rings. The van der Waals surface area contributed by atoms with Crippen LogP contribution in [0.4, 0.5) is 4.39 Å². The van der Waals surface area contributed by atoms with Crippen molar-refractivity contribution >= 4 is 12.2 Å². The van der Waals surface area contributed by atoms with Gasteiger partial charge in [0, 0.05) is 5.56 Å². The van der Waals surface area contributed by atoms with E-state index in [4.69, 9.17) is 0 Å². The first-order valence-corrected chi connectivity index (χ1v) is 3.32. The van der Waals surface area contributed by atoms with Gasteiger partial charge >= 0.3 is 0 Å². The van der Waals surface area contributed by atoms with E-state index in [1.54, 1.807) is 18.2 Å². The van der Waals surface area contributed by atoms with Crippen LogP contribution >= 0.6 is 0 Å². The summed E-state index contributed by atoms with van der Waals surface area (Å²) in [7, 11) is 0. The molecule has 56 valence electrons. The van der Waals surface area contributed by atoms with E-state index in [1.807, 2.05) is 0 Å². The smallest absolute Gasteiger partial charge is 0.130 e. The zero-order valence-corrected chi connectivity index (χ0v) is 6.18. The molecule has 0 amide bonds. The third-order valence-electron chi connectivity index (χ3n) is 1.48. The molecule has 0 aromatic heterocycles. The lowest BCUT2D eigenvalue weighted by molar-refractivity contribution is 0.625. The van der Waals surface area contributed by atoms with Crippen LogP contribution in [0.1, 0.15) is 11.1 Å². The molecule has 0 unspecified atom stereocenters. The van der Waals surface area contributed by atoms with Gasteiger partial charge < -0.3 is 0 Å². The minimum atomic E-state index is -0.245. The quantitative estimate of drug-likeness (QED) is 0.604. The van der Waals surface area contributed by atoms with Crippen LogP contribution in [-0.2, 0) is 0 Å². The Morgan fingerprint density at radius 3 is 2.45 bits per heavy atom. The molecule has 0 heterocycles. The summed E-state index contributed by atoms with van der Waals surface area (Å²) in [6, 6.07) is 4.79. The minimum Gasteiger partial charge on any atom is -0.206 e. The summed E-state index contributed by atoms with van der Waals surface area (Å²) in [6.07, 6.45) is 3.16. The van der Waals surface area contributed by atoms with Crippen molar-refractivity contribution in [1.29, 1.82) is 0 Å². The van der Waals surface area contributed by atoms with Crippen LogP contribution < -0.4 is 0 Å². The topological polar surface area (TPSA) is 0 Å². The van der Waals surface area contributed by atoms with E-state index in [2.05, 4.69) is 13.2 Å². The summed E-state index contributed by atoms with van der Waals surface area (Å²) in [4.78, 5) is 0. The molecule has 0 atom stereocenters. The molecule has 0 spiro atoms. The van der Waals surface area contributed by atoms with E-state index in [0.29, 0.717) is 5.56 Å². The fourth-order valence-electron chi connectivity index (χ4n) is 0.846. The van der Waals surface area contributed by atoms with Crippen LogP contribution in [0.3, 0.4) is 0 Å². The number of rotatable bonds is 2. The van der Waals surface area contributed by atoms with Crippen LogP contribution in [0.2, 0.25) is 0 Å². The molecule has 0 N–H and O–H groups in total. The van der Waals surface area contributed by atoms with E-state index >= 15 is 0 Å². The summed E-state index contributed by atoms with van der Waals surface area (Å²) in [5, 5.41) is 0. The molecule has 0 bridgehead atoms. The second kappa shape index (κ2) is 3.15. The Balaban J connectivity index is 3.22. The van der Waals surface area contributed by atoms with Gasteiger partial charge in [0.05, 0.1) is 0 Å². The van der Waals surface area contributed by atoms with Crippen molar-refractivity contribution in [3.63, 3.8) is 0 Å². The van der Waals surface area contributed by atoms with Gasteiger partial charge in [-0.3, -0.25) is 0 Å². The lowest BCUT2D eigenvalue weighted by atomic mass is 10.1. The SMILES string of the molecule is C=Cc1ccc(F)c(C=C)c1. The summed E-state index contributed by atoms with van der Waals surface area (Å²) in [5.74, 6) is -0.245.